The van der Waals surface area contributed by atoms with Gasteiger partial charge in [-0.2, -0.15) is 0 Å². The summed E-state index contributed by atoms with van der Waals surface area (Å²) in [6, 6.07) is 0. The monoisotopic (exact) mass is 158 g/mol. The van der Waals surface area contributed by atoms with Crippen LogP contribution in [0, 0.1) is 0 Å². The highest BCUT2D eigenvalue weighted by atomic mass is 28.3. The molecule has 0 radical (unpaired) electrons. The molecule has 0 atom stereocenters. The van der Waals surface area contributed by atoms with E-state index in [1.165, 1.54) is 0 Å². The Morgan fingerprint density at radius 3 is 1.50 bits per heavy atom. The number of carbonyl (C=O) groups is 1. The van der Waals surface area contributed by atoms with Crippen molar-refractivity contribution >= 4 is 13.9 Å². The van der Waals surface area contributed by atoms with Gasteiger partial charge in [0.1, 0.15) is 5.78 Å². The molecule has 1 nitrogen and oxygen atoms in total. The number of Topliss-reactive ketones (excluding diaryl/α,β-unsaturated/α-hetero) is 1. The third-order valence-corrected chi connectivity index (χ3v) is 6.86. The molecule has 0 aliphatic heterocycles. The van der Waals surface area contributed by atoms with Crippen LogP contribution in [0.5, 0.6) is 0 Å². The van der Waals surface area contributed by atoms with E-state index in [2.05, 4.69) is 33.5 Å². The summed E-state index contributed by atoms with van der Waals surface area (Å²) in [7, 11) is -1.30. The third-order valence-electron chi connectivity index (χ3n) is 2.76. The predicted octanol–water partition coefficient (Wildman–Crippen LogP) is 2.69. The van der Waals surface area contributed by atoms with Gasteiger partial charge in [0.15, 0.2) is 0 Å². The van der Waals surface area contributed by atoms with Crippen LogP contribution in [0.4, 0.5) is 0 Å². The molecule has 0 spiro atoms. The molecule has 0 saturated carbocycles. The molecule has 0 aromatic heterocycles. The Bertz CT molecular complexity index is 142. The van der Waals surface area contributed by atoms with Crippen molar-refractivity contribution in [2.24, 2.45) is 0 Å². The van der Waals surface area contributed by atoms with Crippen molar-refractivity contribution in [2.45, 2.75) is 45.5 Å². The van der Waals surface area contributed by atoms with Gasteiger partial charge in [-0.1, -0.05) is 33.5 Å². The summed E-state index contributed by atoms with van der Waals surface area (Å²) >= 11 is 0. The van der Waals surface area contributed by atoms with E-state index in [0.29, 0.717) is 5.78 Å². The Balaban J connectivity index is 4.57. The lowest BCUT2D eigenvalue weighted by molar-refractivity contribution is -0.119. The van der Waals surface area contributed by atoms with Gasteiger partial charge in [0, 0.05) is 5.04 Å². The Kier molecular flexibility index (Phi) is 2.47. The molecule has 2 heteroatoms. The smallest absolute Gasteiger partial charge is 0.132 e. The number of rotatable bonds is 2. The Morgan fingerprint density at radius 1 is 1.20 bits per heavy atom. The van der Waals surface area contributed by atoms with Gasteiger partial charge in [0.25, 0.3) is 0 Å². The highest BCUT2D eigenvalue weighted by Gasteiger charge is 2.38. The molecule has 0 rings (SSSR count). The molecule has 0 heterocycles. The summed E-state index contributed by atoms with van der Waals surface area (Å²) in [4.78, 5) is 11.1. The van der Waals surface area contributed by atoms with Gasteiger partial charge in [-0.3, -0.25) is 4.79 Å². The minimum absolute atomic E-state index is 0.0625. The second-order valence-electron chi connectivity index (χ2n) is 4.43. The third kappa shape index (κ3) is 1.69. The van der Waals surface area contributed by atoms with Crippen molar-refractivity contribution in [3.63, 3.8) is 0 Å². The average Bonchev–Trinajstić information content (AvgIpc) is 1.62. The van der Waals surface area contributed by atoms with Gasteiger partial charge in [0.05, 0.1) is 8.07 Å². The second kappa shape index (κ2) is 2.49. The van der Waals surface area contributed by atoms with E-state index in [1.807, 2.05) is 0 Å². The van der Waals surface area contributed by atoms with Crippen molar-refractivity contribution in [2.75, 3.05) is 0 Å². The molecule has 60 valence electrons. The van der Waals surface area contributed by atoms with Crippen LogP contribution < -0.4 is 0 Å². The Hall–Kier alpha value is -0.113. The first-order chi connectivity index (χ1) is 4.19. The summed E-state index contributed by atoms with van der Waals surface area (Å²) in [5.41, 5.74) is 0. The van der Waals surface area contributed by atoms with Gasteiger partial charge in [-0.05, 0) is 6.92 Å². The molecule has 0 fully saturated rings. The van der Waals surface area contributed by atoms with Gasteiger partial charge in [-0.15, -0.1) is 0 Å². The SMILES string of the molecule is CC(=O)C(C)(C)[Si](C)(C)C. The van der Waals surface area contributed by atoms with E-state index < -0.39 is 8.07 Å². The molecule has 0 aliphatic rings. The largest absolute Gasteiger partial charge is 0.300 e. The summed E-state index contributed by atoms with van der Waals surface area (Å²) in [6.07, 6.45) is 0. The minimum atomic E-state index is -1.30. The van der Waals surface area contributed by atoms with E-state index in [1.54, 1.807) is 6.92 Å². The lowest BCUT2D eigenvalue weighted by Crippen LogP contribution is -2.39. The first-order valence-electron chi connectivity index (χ1n) is 3.70. The molecule has 0 aromatic carbocycles. The molecule has 0 saturated heterocycles. The van der Waals surface area contributed by atoms with E-state index in [0.717, 1.165) is 0 Å². The molecule has 0 aromatic rings. The van der Waals surface area contributed by atoms with Crippen LogP contribution >= 0.6 is 0 Å². The van der Waals surface area contributed by atoms with Crippen molar-refractivity contribution in [3.8, 4) is 0 Å². The fraction of sp³-hybridized carbons (Fsp3) is 0.875. The molecule has 0 aliphatic carbocycles. The number of ketones is 1. The van der Waals surface area contributed by atoms with Gasteiger partial charge in [0.2, 0.25) is 0 Å². The zero-order chi connectivity index (χ0) is 8.58. The zero-order valence-corrected chi connectivity index (χ0v) is 8.91. The van der Waals surface area contributed by atoms with Crippen LogP contribution in [-0.2, 0) is 4.79 Å². The highest BCUT2D eigenvalue weighted by Crippen LogP contribution is 2.37. The molecular weight excluding hydrogens is 140 g/mol. The number of hydrogen-bond donors (Lipinski definition) is 0. The van der Waals surface area contributed by atoms with Crippen LogP contribution in [-0.4, -0.2) is 13.9 Å². The van der Waals surface area contributed by atoms with E-state index in [9.17, 15) is 4.79 Å². The maximum Gasteiger partial charge on any atom is 0.132 e. The normalized spacial score (nSPS) is 13.4. The van der Waals surface area contributed by atoms with Gasteiger partial charge >= 0.3 is 0 Å². The fourth-order valence-electron chi connectivity index (χ4n) is 0.528. The zero-order valence-electron chi connectivity index (χ0n) is 7.91. The van der Waals surface area contributed by atoms with Crippen LogP contribution in [0.25, 0.3) is 0 Å². The topological polar surface area (TPSA) is 17.1 Å². The molecular formula is C8H18OSi. The van der Waals surface area contributed by atoms with Gasteiger partial charge < -0.3 is 0 Å². The maximum atomic E-state index is 11.1. The van der Waals surface area contributed by atoms with Gasteiger partial charge in [-0.25, -0.2) is 0 Å². The van der Waals surface area contributed by atoms with Crippen LogP contribution in [0.2, 0.25) is 24.7 Å². The van der Waals surface area contributed by atoms with Crippen LogP contribution in [0.15, 0.2) is 0 Å². The summed E-state index contributed by atoms with van der Waals surface area (Å²) < 4.78 is 0. The summed E-state index contributed by atoms with van der Waals surface area (Å²) in [6.45, 7) is 12.5. The van der Waals surface area contributed by atoms with Crippen molar-refractivity contribution in [1.29, 1.82) is 0 Å². The standard InChI is InChI=1S/C8H18OSi/c1-7(9)8(2,3)10(4,5)6/h1-6H3. The maximum absolute atomic E-state index is 11.1. The average molecular weight is 158 g/mol. The molecule has 0 N–H and O–H groups in total. The predicted molar refractivity (Wildman–Crippen MR) is 48.1 cm³/mol. The molecule has 10 heavy (non-hydrogen) atoms. The van der Waals surface area contributed by atoms with Crippen molar-refractivity contribution in [3.05, 3.63) is 0 Å². The molecule has 0 amide bonds. The van der Waals surface area contributed by atoms with E-state index in [-0.39, 0.29) is 5.04 Å². The number of hydrogen-bond acceptors (Lipinski definition) is 1. The summed E-state index contributed by atoms with van der Waals surface area (Å²) in [5.74, 6) is 0.326. The van der Waals surface area contributed by atoms with Crippen LogP contribution in [0.1, 0.15) is 20.8 Å². The van der Waals surface area contributed by atoms with E-state index >= 15 is 0 Å². The lowest BCUT2D eigenvalue weighted by Gasteiger charge is -2.34. The minimum Gasteiger partial charge on any atom is -0.300 e. The quantitative estimate of drug-likeness (QED) is 0.565. The first kappa shape index (κ1) is 9.89. The fourth-order valence-corrected chi connectivity index (χ4v) is 1.58. The molecule has 0 bridgehead atoms. The Morgan fingerprint density at radius 2 is 1.50 bits per heavy atom. The van der Waals surface area contributed by atoms with Crippen molar-refractivity contribution < 1.29 is 4.79 Å². The van der Waals surface area contributed by atoms with E-state index in [4.69, 9.17) is 0 Å². The van der Waals surface area contributed by atoms with Crippen molar-refractivity contribution in [1.82, 2.24) is 0 Å². The number of carbonyl (C=O) groups excluding carboxylic acids is 1. The first-order valence-corrected chi connectivity index (χ1v) is 7.20. The summed E-state index contributed by atoms with van der Waals surface area (Å²) in [5, 5.41) is -0.0625. The highest BCUT2D eigenvalue weighted by molar-refractivity contribution is 6.82. The lowest BCUT2D eigenvalue weighted by atomic mass is 10.1. The van der Waals surface area contributed by atoms with Crippen LogP contribution in [0.3, 0.4) is 0 Å². The molecule has 0 unspecified atom stereocenters. The Labute approximate surface area is 64.8 Å². The second-order valence-corrected chi connectivity index (χ2v) is 10.2.